The Balaban J connectivity index is 1.35. The van der Waals surface area contributed by atoms with Gasteiger partial charge in [-0.25, -0.2) is 0 Å². The lowest BCUT2D eigenvalue weighted by Crippen LogP contribution is -2.50. The highest BCUT2D eigenvalue weighted by Gasteiger charge is 2.24. The smallest absolute Gasteiger partial charge is 0.0113 e. The number of piperazine rings is 1. The Hall–Kier alpha value is -0.860. The number of nitrogens with zero attached hydrogens (tertiary/aromatic N) is 2. The van der Waals surface area contributed by atoms with Gasteiger partial charge in [0.25, 0.3) is 0 Å². The van der Waals surface area contributed by atoms with Crippen molar-refractivity contribution in [2.75, 3.05) is 32.7 Å². The van der Waals surface area contributed by atoms with E-state index in [1.807, 2.05) is 0 Å². The number of rotatable bonds is 5. The summed E-state index contributed by atoms with van der Waals surface area (Å²) in [4.78, 5) is 5.47. The first-order valence-corrected chi connectivity index (χ1v) is 9.42. The van der Waals surface area contributed by atoms with Crippen molar-refractivity contribution in [1.82, 2.24) is 9.80 Å². The quantitative estimate of drug-likeness (QED) is 0.760. The minimum Gasteiger partial charge on any atom is -0.301 e. The Morgan fingerprint density at radius 3 is 2.18 bits per heavy atom. The SMILES string of the molecule is c1ccc(CCCN2CCN(C3CCCCCC3)CC2)cc1. The zero-order chi connectivity index (χ0) is 15.0. The first-order valence-electron chi connectivity index (χ1n) is 9.42. The molecule has 1 saturated heterocycles. The van der Waals surface area contributed by atoms with Crippen LogP contribution in [0.25, 0.3) is 0 Å². The molecule has 0 bridgehead atoms. The Bertz CT molecular complexity index is 401. The van der Waals surface area contributed by atoms with Gasteiger partial charge in [-0.05, 0) is 37.8 Å². The average molecular weight is 300 g/mol. The molecule has 2 fully saturated rings. The van der Waals surface area contributed by atoms with E-state index in [1.165, 1.54) is 89.7 Å². The van der Waals surface area contributed by atoms with Crippen LogP contribution in [0.2, 0.25) is 0 Å². The second-order valence-electron chi connectivity index (χ2n) is 7.11. The van der Waals surface area contributed by atoms with Gasteiger partial charge in [0.2, 0.25) is 0 Å². The van der Waals surface area contributed by atoms with E-state index < -0.39 is 0 Å². The molecule has 22 heavy (non-hydrogen) atoms. The van der Waals surface area contributed by atoms with Gasteiger partial charge in [0, 0.05) is 32.2 Å². The first-order chi connectivity index (χ1) is 10.9. The van der Waals surface area contributed by atoms with Crippen LogP contribution in [0.3, 0.4) is 0 Å². The van der Waals surface area contributed by atoms with Crippen molar-refractivity contribution in [2.24, 2.45) is 0 Å². The largest absolute Gasteiger partial charge is 0.301 e. The molecule has 1 aliphatic heterocycles. The van der Waals surface area contributed by atoms with Crippen LogP contribution in [0.15, 0.2) is 30.3 Å². The lowest BCUT2D eigenvalue weighted by atomic mass is 10.1. The zero-order valence-electron chi connectivity index (χ0n) is 14.1. The summed E-state index contributed by atoms with van der Waals surface area (Å²) in [5.74, 6) is 0. The Morgan fingerprint density at radius 2 is 1.50 bits per heavy atom. The molecule has 3 rings (SSSR count). The van der Waals surface area contributed by atoms with E-state index in [-0.39, 0.29) is 0 Å². The summed E-state index contributed by atoms with van der Waals surface area (Å²) >= 11 is 0. The second kappa shape index (κ2) is 8.69. The Labute approximate surface area is 136 Å². The summed E-state index contributed by atoms with van der Waals surface area (Å²) in [6.45, 7) is 6.44. The fourth-order valence-corrected chi connectivity index (χ4v) is 4.13. The highest BCUT2D eigenvalue weighted by atomic mass is 15.3. The van der Waals surface area contributed by atoms with E-state index in [0.29, 0.717) is 0 Å². The molecule has 0 unspecified atom stereocenters. The fraction of sp³-hybridized carbons (Fsp3) is 0.700. The van der Waals surface area contributed by atoms with E-state index >= 15 is 0 Å². The maximum Gasteiger partial charge on any atom is 0.0113 e. The molecular weight excluding hydrogens is 268 g/mol. The standard InChI is InChI=1S/C20H32N2/c1-2-7-13-20(12-6-1)22-17-15-21(16-18-22)14-8-11-19-9-4-3-5-10-19/h3-5,9-10,20H,1-2,6-8,11-18H2. The van der Waals surface area contributed by atoms with Gasteiger partial charge in [0.1, 0.15) is 0 Å². The van der Waals surface area contributed by atoms with Crippen LogP contribution in [0.4, 0.5) is 0 Å². The third-order valence-electron chi connectivity index (χ3n) is 5.53. The van der Waals surface area contributed by atoms with E-state index in [0.717, 1.165) is 6.04 Å². The Kier molecular flexibility index (Phi) is 6.32. The van der Waals surface area contributed by atoms with Crippen molar-refractivity contribution in [3.8, 4) is 0 Å². The van der Waals surface area contributed by atoms with Crippen LogP contribution in [-0.4, -0.2) is 48.6 Å². The van der Waals surface area contributed by atoms with Crippen LogP contribution in [-0.2, 0) is 6.42 Å². The summed E-state index contributed by atoms with van der Waals surface area (Å²) in [6.07, 6.45) is 11.3. The predicted octanol–water partition coefficient (Wildman–Crippen LogP) is 3.96. The third-order valence-corrected chi connectivity index (χ3v) is 5.53. The van der Waals surface area contributed by atoms with Crippen LogP contribution < -0.4 is 0 Å². The molecule has 1 saturated carbocycles. The molecule has 1 aromatic carbocycles. The minimum absolute atomic E-state index is 0.897. The summed E-state index contributed by atoms with van der Waals surface area (Å²) in [5.41, 5.74) is 1.49. The van der Waals surface area contributed by atoms with Gasteiger partial charge in [0.05, 0.1) is 0 Å². The number of hydrogen-bond acceptors (Lipinski definition) is 2. The highest BCUT2D eigenvalue weighted by molar-refractivity contribution is 5.14. The van der Waals surface area contributed by atoms with Gasteiger partial charge < -0.3 is 4.90 Å². The molecule has 0 spiro atoms. The number of hydrogen-bond donors (Lipinski definition) is 0. The van der Waals surface area contributed by atoms with Crippen molar-refractivity contribution >= 4 is 0 Å². The summed E-state index contributed by atoms with van der Waals surface area (Å²) in [5, 5.41) is 0. The van der Waals surface area contributed by atoms with Crippen molar-refractivity contribution < 1.29 is 0 Å². The molecule has 0 N–H and O–H groups in total. The molecule has 2 heteroatoms. The topological polar surface area (TPSA) is 6.48 Å². The van der Waals surface area contributed by atoms with Gasteiger partial charge >= 0.3 is 0 Å². The predicted molar refractivity (Wildman–Crippen MR) is 94.3 cm³/mol. The van der Waals surface area contributed by atoms with Crippen molar-refractivity contribution in [2.45, 2.75) is 57.4 Å². The third kappa shape index (κ3) is 4.82. The molecule has 0 amide bonds. The molecule has 1 aliphatic carbocycles. The number of benzene rings is 1. The Morgan fingerprint density at radius 1 is 0.818 bits per heavy atom. The van der Waals surface area contributed by atoms with E-state index in [2.05, 4.69) is 40.1 Å². The number of aryl methyl sites for hydroxylation is 1. The molecule has 2 aliphatic rings. The molecule has 0 atom stereocenters. The molecule has 2 nitrogen and oxygen atoms in total. The summed E-state index contributed by atoms with van der Waals surface area (Å²) in [6, 6.07) is 11.8. The summed E-state index contributed by atoms with van der Waals surface area (Å²) in [7, 11) is 0. The van der Waals surface area contributed by atoms with Gasteiger partial charge in [-0.15, -0.1) is 0 Å². The van der Waals surface area contributed by atoms with Gasteiger partial charge in [0.15, 0.2) is 0 Å². The van der Waals surface area contributed by atoms with Crippen LogP contribution >= 0.6 is 0 Å². The van der Waals surface area contributed by atoms with Crippen molar-refractivity contribution in [1.29, 1.82) is 0 Å². The van der Waals surface area contributed by atoms with E-state index in [9.17, 15) is 0 Å². The average Bonchev–Trinajstić information content (AvgIpc) is 2.86. The lowest BCUT2D eigenvalue weighted by molar-refractivity contribution is 0.0884. The highest BCUT2D eigenvalue weighted by Crippen LogP contribution is 2.22. The fourth-order valence-electron chi connectivity index (χ4n) is 4.13. The molecule has 1 heterocycles. The van der Waals surface area contributed by atoms with Gasteiger partial charge in [-0.2, -0.15) is 0 Å². The molecular formula is C20H32N2. The molecule has 0 aromatic heterocycles. The van der Waals surface area contributed by atoms with Crippen molar-refractivity contribution in [3.63, 3.8) is 0 Å². The maximum absolute atomic E-state index is 2.79. The molecule has 1 aromatic rings. The lowest BCUT2D eigenvalue weighted by Gasteiger charge is -2.39. The molecule has 0 radical (unpaired) electrons. The monoisotopic (exact) mass is 300 g/mol. The second-order valence-corrected chi connectivity index (χ2v) is 7.11. The van der Waals surface area contributed by atoms with Crippen LogP contribution in [0.5, 0.6) is 0 Å². The van der Waals surface area contributed by atoms with Gasteiger partial charge in [-0.1, -0.05) is 56.0 Å². The maximum atomic E-state index is 2.79. The van der Waals surface area contributed by atoms with E-state index in [1.54, 1.807) is 0 Å². The van der Waals surface area contributed by atoms with Crippen LogP contribution in [0, 0.1) is 0 Å². The van der Waals surface area contributed by atoms with Gasteiger partial charge in [-0.3, -0.25) is 4.90 Å². The molecule has 122 valence electrons. The summed E-state index contributed by atoms with van der Waals surface area (Å²) < 4.78 is 0. The minimum atomic E-state index is 0.897. The first kappa shape index (κ1) is 16.0. The normalized spacial score (nSPS) is 22.5. The van der Waals surface area contributed by atoms with E-state index in [4.69, 9.17) is 0 Å². The zero-order valence-corrected chi connectivity index (χ0v) is 14.1. The van der Waals surface area contributed by atoms with Crippen LogP contribution in [0.1, 0.15) is 50.5 Å². The van der Waals surface area contributed by atoms with Crippen molar-refractivity contribution in [3.05, 3.63) is 35.9 Å².